The van der Waals surface area contributed by atoms with Crippen LogP contribution in [0.25, 0.3) is 0 Å². The fraction of sp³-hybridized carbons (Fsp3) is 0.750. The van der Waals surface area contributed by atoms with Crippen molar-refractivity contribution >= 4 is 0 Å². The van der Waals surface area contributed by atoms with E-state index in [9.17, 15) is 0 Å². The van der Waals surface area contributed by atoms with Gasteiger partial charge in [-0.1, -0.05) is 17.7 Å². The molecule has 0 amide bonds. The minimum atomic E-state index is -0.0812. The van der Waals surface area contributed by atoms with E-state index in [1.807, 2.05) is 6.08 Å². The van der Waals surface area contributed by atoms with Gasteiger partial charge in [-0.25, -0.2) is 0 Å². The van der Waals surface area contributed by atoms with Gasteiger partial charge in [0.1, 0.15) is 6.10 Å². The van der Waals surface area contributed by atoms with Gasteiger partial charge >= 0.3 is 0 Å². The Balaban J connectivity index is 1.32. The third kappa shape index (κ3) is 4.42. The quantitative estimate of drug-likeness (QED) is 0.351. The number of hydrogen-bond acceptors (Lipinski definition) is 5. The van der Waals surface area contributed by atoms with E-state index in [0.29, 0.717) is 12.0 Å². The number of nitrogens with zero attached hydrogens (tertiary/aromatic N) is 2. The third-order valence-electron chi connectivity index (χ3n) is 7.36. The van der Waals surface area contributed by atoms with E-state index in [-0.39, 0.29) is 17.3 Å². The van der Waals surface area contributed by atoms with Gasteiger partial charge in [0.2, 0.25) is 0 Å². The lowest BCUT2D eigenvalue weighted by atomic mass is 9.70. The van der Waals surface area contributed by atoms with E-state index >= 15 is 0 Å². The SMILES string of the molecule is C=CCN1CCN(C(=C)O[C@@H]2CC[C@]3(CO3)[C@@H]([C@@]3(C)O[C@@H]3CC=C(C)C)C2)CC1. The third-order valence-corrected chi connectivity index (χ3v) is 7.36. The van der Waals surface area contributed by atoms with Crippen LogP contribution in [-0.4, -0.2) is 72.5 Å². The highest BCUT2D eigenvalue weighted by Crippen LogP contribution is 2.59. The molecule has 4 aliphatic rings. The molecule has 0 aromatic carbocycles. The second-order valence-corrected chi connectivity index (χ2v) is 9.70. The average Bonchev–Trinajstić information content (AvgIpc) is 3.60. The number of allylic oxidation sites excluding steroid dienone is 1. The summed E-state index contributed by atoms with van der Waals surface area (Å²) in [5.41, 5.74) is 1.31. The first-order valence-electron chi connectivity index (χ1n) is 11.3. The first kappa shape index (κ1) is 21.0. The van der Waals surface area contributed by atoms with Gasteiger partial charge < -0.3 is 19.1 Å². The summed E-state index contributed by atoms with van der Waals surface area (Å²) < 4.78 is 18.6. The lowest BCUT2D eigenvalue weighted by Crippen LogP contribution is -2.47. The largest absolute Gasteiger partial charge is 0.476 e. The maximum absolute atomic E-state index is 6.40. The van der Waals surface area contributed by atoms with E-state index in [2.05, 4.69) is 49.8 Å². The Morgan fingerprint density at radius 3 is 2.59 bits per heavy atom. The molecule has 4 fully saturated rings. The van der Waals surface area contributed by atoms with Gasteiger partial charge in [-0.3, -0.25) is 4.90 Å². The Bertz CT molecular complexity index is 659. The summed E-state index contributed by atoms with van der Waals surface area (Å²) in [4.78, 5) is 4.71. The highest BCUT2D eigenvalue weighted by atomic mass is 16.6. The number of ether oxygens (including phenoxy) is 3. The number of piperazine rings is 1. The molecular formula is C24H38N2O3. The predicted molar refractivity (Wildman–Crippen MR) is 116 cm³/mol. The van der Waals surface area contributed by atoms with E-state index < -0.39 is 0 Å². The summed E-state index contributed by atoms with van der Waals surface area (Å²) in [6.45, 7) is 20.5. The molecule has 0 N–H and O–H groups in total. The topological polar surface area (TPSA) is 40.8 Å². The second-order valence-electron chi connectivity index (χ2n) is 9.70. The molecule has 5 nitrogen and oxygen atoms in total. The summed E-state index contributed by atoms with van der Waals surface area (Å²) in [6.07, 6.45) is 8.89. The maximum atomic E-state index is 6.40. The molecule has 3 saturated heterocycles. The van der Waals surface area contributed by atoms with Crippen LogP contribution in [0.5, 0.6) is 0 Å². The standard InChI is InChI=1S/C24H38N2O3/c1-6-11-25-12-14-26(15-13-25)19(4)28-20-9-10-24(17-27-24)21(16-20)23(5)22(29-23)8-7-18(2)3/h6-7,20-22H,1,4,8-17H2,2-3,5H3/t20-,21-,22-,23-,24+/m1/s1. The zero-order chi connectivity index (χ0) is 20.6. The molecule has 1 spiro atoms. The molecule has 0 unspecified atom stereocenters. The monoisotopic (exact) mass is 402 g/mol. The first-order valence-corrected chi connectivity index (χ1v) is 11.3. The van der Waals surface area contributed by atoms with Crippen molar-refractivity contribution in [1.82, 2.24) is 9.80 Å². The van der Waals surface area contributed by atoms with E-state index in [4.69, 9.17) is 14.2 Å². The molecule has 1 aliphatic carbocycles. The van der Waals surface area contributed by atoms with Crippen LogP contribution >= 0.6 is 0 Å². The van der Waals surface area contributed by atoms with Gasteiger partial charge in [0.05, 0.1) is 23.9 Å². The van der Waals surface area contributed by atoms with Gasteiger partial charge in [0.25, 0.3) is 0 Å². The minimum Gasteiger partial charge on any atom is -0.476 e. The predicted octanol–water partition coefficient (Wildman–Crippen LogP) is 3.73. The average molecular weight is 403 g/mol. The van der Waals surface area contributed by atoms with Crippen molar-refractivity contribution in [2.45, 2.75) is 69.9 Å². The molecule has 5 atom stereocenters. The molecule has 1 saturated carbocycles. The van der Waals surface area contributed by atoms with Crippen LogP contribution in [0, 0.1) is 5.92 Å². The molecule has 5 heteroatoms. The maximum Gasteiger partial charge on any atom is 0.182 e. The fourth-order valence-electron chi connectivity index (χ4n) is 5.31. The van der Waals surface area contributed by atoms with E-state index in [1.165, 1.54) is 5.57 Å². The van der Waals surface area contributed by atoms with E-state index in [0.717, 1.165) is 70.9 Å². The first-order chi connectivity index (χ1) is 13.9. The van der Waals surface area contributed by atoms with Gasteiger partial charge in [0, 0.05) is 38.6 Å². The summed E-state index contributed by atoms with van der Waals surface area (Å²) in [5, 5.41) is 0. The number of epoxide rings is 2. The van der Waals surface area contributed by atoms with Crippen molar-refractivity contribution in [2.75, 3.05) is 39.3 Å². The zero-order valence-electron chi connectivity index (χ0n) is 18.5. The lowest BCUT2D eigenvalue weighted by molar-refractivity contribution is -0.0308. The van der Waals surface area contributed by atoms with Crippen LogP contribution in [0.3, 0.4) is 0 Å². The van der Waals surface area contributed by atoms with Crippen molar-refractivity contribution in [3.8, 4) is 0 Å². The fourth-order valence-corrected chi connectivity index (χ4v) is 5.31. The van der Waals surface area contributed by atoms with Crippen molar-refractivity contribution in [3.05, 3.63) is 36.8 Å². The lowest BCUT2D eigenvalue weighted by Gasteiger charge is -2.40. The Morgan fingerprint density at radius 2 is 1.97 bits per heavy atom. The van der Waals surface area contributed by atoms with Crippen LogP contribution in [0.2, 0.25) is 0 Å². The normalized spacial score (nSPS) is 39.1. The van der Waals surface area contributed by atoms with Crippen LogP contribution < -0.4 is 0 Å². The Labute approximate surface area is 176 Å². The van der Waals surface area contributed by atoms with E-state index in [1.54, 1.807) is 0 Å². The highest BCUT2D eigenvalue weighted by molar-refractivity contribution is 5.18. The van der Waals surface area contributed by atoms with Crippen LogP contribution in [0.15, 0.2) is 36.8 Å². The minimum absolute atomic E-state index is 0.0337. The van der Waals surface area contributed by atoms with Crippen molar-refractivity contribution in [2.24, 2.45) is 5.92 Å². The molecule has 3 heterocycles. The molecule has 29 heavy (non-hydrogen) atoms. The Morgan fingerprint density at radius 1 is 1.24 bits per heavy atom. The van der Waals surface area contributed by atoms with Crippen molar-refractivity contribution in [3.63, 3.8) is 0 Å². The van der Waals surface area contributed by atoms with Crippen LogP contribution in [0.4, 0.5) is 0 Å². The molecule has 0 aromatic heterocycles. The molecular weight excluding hydrogens is 364 g/mol. The van der Waals surface area contributed by atoms with Gasteiger partial charge in [-0.2, -0.15) is 0 Å². The Hall–Kier alpha value is -1.30. The number of hydrogen-bond donors (Lipinski definition) is 0. The molecule has 3 aliphatic heterocycles. The van der Waals surface area contributed by atoms with Crippen LogP contribution in [-0.2, 0) is 14.2 Å². The van der Waals surface area contributed by atoms with Crippen molar-refractivity contribution in [1.29, 1.82) is 0 Å². The second kappa shape index (κ2) is 8.09. The summed E-state index contributed by atoms with van der Waals surface area (Å²) >= 11 is 0. The molecule has 162 valence electrons. The summed E-state index contributed by atoms with van der Waals surface area (Å²) in [6, 6.07) is 0. The zero-order valence-corrected chi connectivity index (χ0v) is 18.5. The van der Waals surface area contributed by atoms with Crippen LogP contribution in [0.1, 0.15) is 46.5 Å². The summed E-state index contributed by atoms with van der Waals surface area (Å²) in [7, 11) is 0. The van der Waals surface area contributed by atoms with Gasteiger partial charge in [-0.05, 0) is 53.0 Å². The van der Waals surface area contributed by atoms with Gasteiger partial charge in [0.15, 0.2) is 5.88 Å². The molecule has 0 radical (unpaired) electrons. The number of rotatable bonds is 8. The molecule has 4 rings (SSSR count). The summed E-state index contributed by atoms with van der Waals surface area (Å²) in [5.74, 6) is 1.24. The van der Waals surface area contributed by atoms with Crippen molar-refractivity contribution < 1.29 is 14.2 Å². The Kier molecular flexibility index (Phi) is 5.84. The smallest absolute Gasteiger partial charge is 0.182 e. The van der Waals surface area contributed by atoms with Gasteiger partial charge in [-0.15, -0.1) is 6.58 Å². The molecule has 0 aromatic rings. The molecule has 0 bridgehead atoms. The highest BCUT2D eigenvalue weighted by Gasteiger charge is 2.68.